The van der Waals surface area contributed by atoms with Crippen LogP contribution in [-0.2, 0) is 4.74 Å². The van der Waals surface area contributed by atoms with E-state index in [9.17, 15) is 14.7 Å². The number of hydrogen-bond acceptors (Lipinski definition) is 7. The van der Waals surface area contributed by atoms with Crippen LogP contribution < -0.4 is 16.0 Å². The first-order valence-corrected chi connectivity index (χ1v) is 12.7. The second-order valence-electron chi connectivity index (χ2n) is 9.30. The van der Waals surface area contributed by atoms with Gasteiger partial charge in [0.05, 0.1) is 47.2 Å². The maximum atomic E-state index is 13.4. The minimum absolute atomic E-state index is 0.0956. The molecule has 39 heavy (non-hydrogen) atoms. The Balaban J connectivity index is 1.42. The number of rotatable bonds is 9. The molecule has 2 aromatic heterocycles. The number of halogens is 1. The number of nitrogens with zero attached hydrogens (tertiary/aromatic N) is 3. The molecular weight excluding hydrogens is 520 g/mol. The average Bonchev–Trinajstić information content (AvgIpc) is 3.37. The number of pyridine rings is 1. The lowest BCUT2D eigenvalue weighted by Gasteiger charge is -2.39. The van der Waals surface area contributed by atoms with E-state index in [1.54, 1.807) is 25.2 Å². The summed E-state index contributed by atoms with van der Waals surface area (Å²) in [5.41, 5.74) is 1.91. The predicted molar refractivity (Wildman–Crippen MR) is 148 cm³/mol. The molecule has 0 radical (unpaired) electrons. The minimum Gasteiger partial charge on any atom is -0.396 e. The van der Waals surface area contributed by atoms with Crippen molar-refractivity contribution in [1.82, 2.24) is 20.1 Å². The molecule has 4 aromatic rings. The number of carbonyl (C=O) groups excluding carboxylic acids is 2. The normalized spacial score (nSPS) is 13.8. The summed E-state index contributed by atoms with van der Waals surface area (Å²) in [4.78, 5) is 30.9. The van der Waals surface area contributed by atoms with Crippen LogP contribution in [0.4, 0.5) is 11.6 Å². The van der Waals surface area contributed by atoms with Gasteiger partial charge in [0.15, 0.2) is 5.69 Å². The van der Waals surface area contributed by atoms with Crippen molar-refractivity contribution < 1.29 is 19.4 Å². The summed E-state index contributed by atoms with van der Waals surface area (Å²) in [5, 5.41) is 23.0. The van der Waals surface area contributed by atoms with Crippen LogP contribution >= 0.6 is 11.6 Å². The molecule has 0 aliphatic carbocycles. The van der Waals surface area contributed by atoms with Crippen LogP contribution in [0.3, 0.4) is 0 Å². The number of aromatic nitrogens is 3. The molecule has 0 saturated carbocycles. The number of amides is 2. The Morgan fingerprint density at radius 2 is 1.85 bits per heavy atom. The zero-order chi connectivity index (χ0) is 27.4. The van der Waals surface area contributed by atoms with Crippen molar-refractivity contribution in [2.45, 2.75) is 0 Å². The lowest BCUT2D eigenvalue weighted by molar-refractivity contribution is -0.133. The topological polar surface area (TPSA) is 130 Å². The van der Waals surface area contributed by atoms with E-state index < -0.39 is 17.2 Å². The standard InChI is InChI=1S/C28H27ClN6O4/c1-30-24-9-5-8-22(32-24)18-10-11-21(29)20(12-18)26(37)33-25-13-23(34-35(25)19-6-3-2-4-7-19)27(38)31-14-28(15-36)16-39-17-28/h2-13,36H,14-17H2,1H3,(H,30,32)(H,31,38)(H,33,37). The fourth-order valence-electron chi connectivity index (χ4n) is 4.12. The predicted octanol–water partition coefficient (Wildman–Crippen LogP) is 3.62. The van der Waals surface area contributed by atoms with Crippen LogP contribution in [0, 0.1) is 5.41 Å². The number of para-hydroxylation sites is 1. The third kappa shape index (κ3) is 5.63. The second-order valence-corrected chi connectivity index (χ2v) is 9.71. The lowest BCUT2D eigenvalue weighted by atomic mass is 9.87. The van der Waals surface area contributed by atoms with Gasteiger partial charge in [-0.25, -0.2) is 9.67 Å². The highest BCUT2D eigenvalue weighted by Gasteiger charge is 2.38. The Hall–Kier alpha value is -4.25. The van der Waals surface area contributed by atoms with E-state index in [4.69, 9.17) is 16.3 Å². The largest absolute Gasteiger partial charge is 0.396 e. The van der Waals surface area contributed by atoms with E-state index in [2.05, 4.69) is 26.0 Å². The Morgan fingerprint density at radius 3 is 2.54 bits per heavy atom. The molecule has 10 nitrogen and oxygen atoms in total. The number of benzene rings is 2. The lowest BCUT2D eigenvalue weighted by Crippen LogP contribution is -2.53. The van der Waals surface area contributed by atoms with Gasteiger partial charge in [-0.05, 0) is 36.4 Å². The molecule has 0 bridgehead atoms. The monoisotopic (exact) mass is 546 g/mol. The van der Waals surface area contributed by atoms with Crippen molar-refractivity contribution >= 4 is 35.1 Å². The first-order chi connectivity index (χ1) is 18.9. The van der Waals surface area contributed by atoms with E-state index >= 15 is 0 Å². The van der Waals surface area contributed by atoms with Gasteiger partial charge >= 0.3 is 0 Å². The first-order valence-electron chi connectivity index (χ1n) is 12.3. The highest BCUT2D eigenvalue weighted by Crippen LogP contribution is 2.28. The number of carbonyl (C=O) groups is 2. The molecular formula is C28H27ClN6O4. The third-order valence-corrected chi connectivity index (χ3v) is 6.80. The zero-order valence-electron chi connectivity index (χ0n) is 21.1. The third-order valence-electron chi connectivity index (χ3n) is 6.47. The van der Waals surface area contributed by atoms with Gasteiger partial charge in [0.1, 0.15) is 11.6 Å². The number of ether oxygens (including phenoxy) is 1. The van der Waals surface area contributed by atoms with Crippen molar-refractivity contribution in [2.75, 3.05) is 44.0 Å². The summed E-state index contributed by atoms with van der Waals surface area (Å²) in [6, 6.07) is 21.3. The molecule has 2 amide bonds. The van der Waals surface area contributed by atoms with Gasteiger partial charge in [-0.3, -0.25) is 9.59 Å². The van der Waals surface area contributed by atoms with E-state index in [1.807, 2.05) is 48.5 Å². The molecule has 1 aliphatic rings. The SMILES string of the molecule is CNc1cccc(-c2ccc(Cl)c(C(=O)Nc3cc(C(=O)NCC4(CO)COC4)nn3-c3ccccc3)c2)n1. The summed E-state index contributed by atoms with van der Waals surface area (Å²) >= 11 is 6.42. The van der Waals surface area contributed by atoms with Crippen LogP contribution in [-0.4, -0.2) is 65.1 Å². The number of hydrogen-bond donors (Lipinski definition) is 4. The molecule has 11 heteroatoms. The highest BCUT2D eigenvalue weighted by atomic mass is 35.5. The van der Waals surface area contributed by atoms with E-state index in [0.29, 0.717) is 30.4 Å². The summed E-state index contributed by atoms with van der Waals surface area (Å²) in [7, 11) is 1.78. The van der Waals surface area contributed by atoms with Gasteiger partial charge in [0.2, 0.25) is 0 Å². The minimum atomic E-state index is -0.488. The van der Waals surface area contributed by atoms with E-state index in [-0.39, 0.29) is 35.2 Å². The van der Waals surface area contributed by atoms with Crippen molar-refractivity contribution in [1.29, 1.82) is 0 Å². The van der Waals surface area contributed by atoms with Crippen molar-refractivity contribution in [3.63, 3.8) is 0 Å². The molecule has 0 spiro atoms. The van der Waals surface area contributed by atoms with Crippen molar-refractivity contribution in [3.8, 4) is 16.9 Å². The first kappa shape index (κ1) is 26.4. The zero-order valence-corrected chi connectivity index (χ0v) is 21.9. The molecule has 1 saturated heterocycles. The molecule has 1 aliphatic heterocycles. The average molecular weight is 547 g/mol. The van der Waals surface area contributed by atoms with Gasteiger partial charge in [-0.1, -0.05) is 41.9 Å². The summed E-state index contributed by atoms with van der Waals surface area (Å²) in [6.45, 7) is 0.894. The van der Waals surface area contributed by atoms with Gasteiger partial charge in [-0.2, -0.15) is 5.10 Å². The van der Waals surface area contributed by atoms with Gasteiger partial charge < -0.3 is 25.8 Å². The summed E-state index contributed by atoms with van der Waals surface area (Å²) in [6.07, 6.45) is 0. The van der Waals surface area contributed by atoms with Crippen LogP contribution in [0.5, 0.6) is 0 Å². The van der Waals surface area contributed by atoms with Crippen LogP contribution in [0.25, 0.3) is 16.9 Å². The van der Waals surface area contributed by atoms with E-state index in [0.717, 1.165) is 5.56 Å². The molecule has 0 unspecified atom stereocenters. The van der Waals surface area contributed by atoms with Crippen molar-refractivity contribution in [3.05, 3.63) is 89.1 Å². The molecule has 2 aromatic carbocycles. The second kappa shape index (κ2) is 11.2. The molecule has 1 fully saturated rings. The molecule has 0 atom stereocenters. The maximum Gasteiger partial charge on any atom is 0.271 e. The number of anilines is 2. The fourth-order valence-corrected chi connectivity index (χ4v) is 4.33. The number of nitrogens with one attached hydrogen (secondary N) is 3. The maximum absolute atomic E-state index is 13.4. The Bertz CT molecular complexity index is 1500. The smallest absolute Gasteiger partial charge is 0.271 e. The van der Waals surface area contributed by atoms with Crippen molar-refractivity contribution in [2.24, 2.45) is 5.41 Å². The fraction of sp³-hybridized carbons (Fsp3) is 0.214. The number of aliphatic hydroxyl groups is 1. The molecule has 3 heterocycles. The summed E-state index contributed by atoms with van der Waals surface area (Å²) < 4.78 is 6.68. The van der Waals surface area contributed by atoms with E-state index in [1.165, 1.54) is 10.7 Å². The highest BCUT2D eigenvalue weighted by molar-refractivity contribution is 6.34. The Morgan fingerprint density at radius 1 is 1.05 bits per heavy atom. The van der Waals surface area contributed by atoms with Gasteiger partial charge in [-0.15, -0.1) is 0 Å². The molecule has 4 N–H and O–H groups in total. The van der Waals surface area contributed by atoms with Gasteiger partial charge in [0, 0.05) is 25.2 Å². The van der Waals surface area contributed by atoms with Crippen LogP contribution in [0.2, 0.25) is 5.02 Å². The Kier molecular flexibility index (Phi) is 7.60. The van der Waals surface area contributed by atoms with Crippen LogP contribution in [0.1, 0.15) is 20.8 Å². The van der Waals surface area contributed by atoms with Gasteiger partial charge in [0.25, 0.3) is 11.8 Å². The van der Waals surface area contributed by atoms with Crippen LogP contribution in [0.15, 0.2) is 72.8 Å². The number of aliphatic hydroxyl groups excluding tert-OH is 1. The summed E-state index contributed by atoms with van der Waals surface area (Å²) in [5.74, 6) is 0.0784. The quantitative estimate of drug-likeness (QED) is 0.252. The molecule has 5 rings (SSSR count). The molecule has 200 valence electrons. The Labute approximate surface area is 230 Å².